The lowest BCUT2D eigenvalue weighted by Crippen LogP contribution is -2.35. The van der Waals surface area contributed by atoms with Crippen LogP contribution in [0.25, 0.3) is 0 Å². The Labute approximate surface area is 116 Å². The van der Waals surface area contributed by atoms with Gasteiger partial charge in [0.2, 0.25) is 5.91 Å². The van der Waals surface area contributed by atoms with Gasteiger partial charge in [-0.1, -0.05) is 11.8 Å². The van der Waals surface area contributed by atoms with E-state index in [4.69, 9.17) is 9.84 Å². The second kappa shape index (κ2) is 7.29. The summed E-state index contributed by atoms with van der Waals surface area (Å²) in [5.74, 6) is 5.53. The van der Waals surface area contributed by atoms with E-state index in [1.165, 1.54) is 0 Å². The van der Waals surface area contributed by atoms with Gasteiger partial charge < -0.3 is 15.2 Å². The summed E-state index contributed by atoms with van der Waals surface area (Å²) < 4.78 is 5.31. The zero-order chi connectivity index (χ0) is 13.5. The Kier molecular flexibility index (Phi) is 5.40. The lowest BCUT2D eigenvalue weighted by molar-refractivity contribution is -0.129. The summed E-state index contributed by atoms with van der Waals surface area (Å²) in [6, 6.07) is 1.90. The number of aliphatic hydroxyl groups excluding tert-OH is 1. The molecule has 1 aliphatic rings. The number of hydrogen-bond acceptors (Lipinski definition) is 4. The molecule has 0 spiro atoms. The smallest absolute Gasteiger partial charge is 0.225 e. The third kappa shape index (κ3) is 4.06. The van der Waals surface area contributed by atoms with Crippen LogP contribution in [0.15, 0.2) is 11.4 Å². The fourth-order valence-corrected chi connectivity index (χ4v) is 2.75. The highest BCUT2D eigenvalue weighted by Crippen LogP contribution is 2.17. The molecule has 102 valence electrons. The molecule has 0 aromatic carbocycles. The minimum atomic E-state index is -0.152. The summed E-state index contributed by atoms with van der Waals surface area (Å²) >= 11 is 1.56. The number of carbonyl (C=O) groups is 1. The quantitative estimate of drug-likeness (QED) is 0.816. The molecule has 2 heterocycles. The second-order valence-corrected chi connectivity index (χ2v) is 5.35. The van der Waals surface area contributed by atoms with E-state index >= 15 is 0 Å². The molecule has 1 aliphatic heterocycles. The predicted octanol–water partition coefficient (Wildman–Crippen LogP) is 1.13. The molecule has 4 nitrogen and oxygen atoms in total. The van der Waals surface area contributed by atoms with Crippen molar-refractivity contribution in [3.05, 3.63) is 21.9 Å². The number of nitrogens with one attached hydrogen (secondary N) is 1. The Morgan fingerprint density at radius 2 is 2.53 bits per heavy atom. The fraction of sp³-hybridized carbons (Fsp3) is 0.500. The zero-order valence-corrected chi connectivity index (χ0v) is 11.5. The number of hydrogen-bond donors (Lipinski definition) is 2. The maximum absolute atomic E-state index is 12.0. The van der Waals surface area contributed by atoms with E-state index in [1.54, 1.807) is 11.3 Å². The lowest BCUT2D eigenvalue weighted by atomic mass is 10.0. The van der Waals surface area contributed by atoms with Crippen molar-refractivity contribution in [3.8, 4) is 11.8 Å². The number of amides is 1. The van der Waals surface area contributed by atoms with E-state index < -0.39 is 0 Å². The highest BCUT2D eigenvalue weighted by atomic mass is 32.1. The molecule has 1 saturated heterocycles. The number of carbonyl (C=O) groups excluding carboxylic acids is 1. The van der Waals surface area contributed by atoms with Gasteiger partial charge in [0.05, 0.1) is 19.1 Å². The van der Waals surface area contributed by atoms with E-state index in [0.29, 0.717) is 13.2 Å². The Balaban J connectivity index is 1.88. The van der Waals surface area contributed by atoms with Gasteiger partial charge in [-0.3, -0.25) is 4.79 Å². The van der Waals surface area contributed by atoms with Gasteiger partial charge in [0, 0.05) is 17.0 Å². The van der Waals surface area contributed by atoms with Crippen molar-refractivity contribution in [1.29, 1.82) is 0 Å². The number of ether oxygens (including phenoxy) is 1. The number of aliphatic hydroxyl groups is 1. The van der Waals surface area contributed by atoms with Crippen LogP contribution in [0.5, 0.6) is 0 Å². The molecule has 0 aliphatic carbocycles. The highest BCUT2D eigenvalue weighted by molar-refractivity contribution is 7.10. The molecule has 1 atom stereocenters. The monoisotopic (exact) mass is 279 g/mol. The molecule has 0 radical (unpaired) electrons. The summed E-state index contributed by atoms with van der Waals surface area (Å²) in [5, 5.41) is 13.6. The first-order valence-electron chi connectivity index (χ1n) is 6.33. The summed E-state index contributed by atoms with van der Waals surface area (Å²) in [7, 11) is 0. The Bertz CT molecular complexity index is 480. The van der Waals surface area contributed by atoms with Crippen LogP contribution in [-0.4, -0.2) is 30.8 Å². The summed E-state index contributed by atoms with van der Waals surface area (Å²) in [6.45, 7) is 1.62. The summed E-state index contributed by atoms with van der Waals surface area (Å²) in [6.07, 6.45) is 1.85. The van der Waals surface area contributed by atoms with E-state index in [0.717, 1.165) is 29.9 Å². The molecular weight excluding hydrogens is 262 g/mol. The van der Waals surface area contributed by atoms with Crippen molar-refractivity contribution >= 4 is 17.2 Å². The topological polar surface area (TPSA) is 58.6 Å². The van der Waals surface area contributed by atoms with Crippen molar-refractivity contribution in [3.63, 3.8) is 0 Å². The third-order valence-corrected chi connectivity index (χ3v) is 3.92. The molecule has 19 heavy (non-hydrogen) atoms. The average Bonchev–Trinajstić information content (AvgIpc) is 2.91. The first kappa shape index (κ1) is 14.1. The van der Waals surface area contributed by atoms with Crippen LogP contribution in [-0.2, 0) is 16.1 Å². The normalized spacial score (nSPS) is 18.5. The Morgan fingerprint density at radius 3 is 3.26 bits per heavy atom. The maximum atomic E-state index is 12.0. The van der Waals surface area contributed by atoms with Gasteiger partial charge in [-0.05, 0) is 24.3 Å². The van der Waals surface area contributed by atoms with Gasteiger partial charge in [0.25, 0.3) is 0 Å². The van der Waals surface area contributed by atoms with Crippen molar-refractivity contribution in [1.82, 2.24) is 5.32 Å². The lowest BCUT2D eigenvalue weighted by Gasteiger charge is -2.21. The summed E-state index contributed by atoms with van der Waals surface area (Å²) in [4.78, 5) is 13.0. The second-order valence-electron chi connectivity index (χ2n) is 4.35. The Hall–Kier alpha value is -1.35. The van der Waals surface area contributed by atoms with E-state index in [1.807, 2.05) is 11.4 Å². The van der Waals surface area contributed by atoms with Gasteiger partial charge >= 0.3 is 0 Å². The first-order valence-corrected chi connectivity index (χ1v) is 7.21. The van der Waals surface area contributed by atoms with Crippen LogP contribution in [0.3, 0.4) is 0 Å². The predicted molar refractivity (Wildman–Crippen MR) is 73.7 cm³/mol. The molecule has 2 N–H and O–H groups in total. The fourth-order valence-electron chi connectivity index (χ4n) is 1.98. The van der Waals surface area contributed by atoms with Gasteiger partial charge in [-0.2, -0.15) is 0 Å². The van der Waals surface area contributed by atoms with Crippen LogP contribution >= 0.6 is 11.3 Å². The van der Waals surface area contributed by atoms with Crippen molar-refractivity contribution < 1.29 is 14.6 Å². The molecule has 1 aromatic rings. The van der Waals surface area contributed by atoms with Crippen LogP contribution < -0.4 is 5.32 Å². The number of thiophene rings is 1. The molecule has 1 aromatic heterocycles. The van der Waals surface area contributed by atoms with Crippen LogP contribution in [0, 0.1) is 17.8 Å². The maximum Gasteiger partial charge on any atom is 0.225 e. The highest BCUT2D eigenvalue weighted by Gasteiger charge is 2.21. The van der Waals surface area contributed by atoms with Gasteiger partial charge in [-0.25, -0.2) is 0 Å². The van der Waals surface area contributed by atoms with E-state index in [9.17, 15) is 4.79 Å². The average molecular weight is 279 g/mol. The molecule has 1 fully saturated rings. The van der Waals surface area contributed by atoms with Crippen molar-refractivity contribution in [2.45, 2.75) is 19.4 Å². The molecule has 5 heteroatoms. The van der Waals surface area contributed by atoms with Crippen molar-refractivity contribution in [2.75, 3.05) is 19.8 Å². The third-order valence-electron chi connectivity index (χ3n) is 3.00. The molecule has 0 saturated carbocycles. The Morgan fingerprint density at radius 1 is 1.63 bits per heavy atom. The van der Waals surface area contributed by atoms with E-state index in [2.05, 4.69) is 17.2 Å². The molecule has 1 amide bonds. The first-order chi connectivity index (χ1) is 9.31. The van der Waals surface area contributed by atoms with Crippen LogP contribution in [0.4, 0.5) is 0 Å². The molecular formula is C14H17NO3S. The zero-order valence-electron chi connectivity index (χ0n) is 10.6. The summed E-state index contributed by atoms with van der Waals surface area (Å²) in [5.41, 5.74) is 0.874. The molecule has 0 bridgehead atoms. The largest absolute Gasteiger partial charge is 0.384 e. The minimum absolute atomic E-state index is 0.0271. The SMILES string of the molecule is O=C(NCc1sccc1C#CCO)C1CCCOC1. The van der Waals surface area contributed by atoms with Crippen LogP contribution in [0.1, 0.15) is 23.3 Å². The standard InChI is InChI=1S/C14H17NO3S/c16-6-1-3-11-5-8-19-13(11)9-15-14(17)12-4-2-7-18-10-12/h5,8,12,16H,2,4,6-7,9-10H2,(H,15,17). The molecule has 2 rings (SSSR count). The minimum Gasteiger partial charge on any atom is -0.384 e. The van der Waals surface area contributed by atoms with E-state index in [-0.39, 0.29) is 18.4 Å². The van der Waals surface area contributed by atoms with Gasteiger partial charge in [0.15, 0.2) is 0 Å². The molecule has 1 unspecified atom stereocenters. The van der Waals surface area contributed by atoms with Crippen molar-refractivity contribution in [2.24, 2.45) is 5.92 Å². The van der Waals surface area contributed by atoms with Gasteiger partial charge in [0.1, 0.15) is 6.61 Å². The number of rotatable bonds is 3. The van der Waals surface area contributed by atoms with Gasteiger partial charge in [-0.15, -0.1) is 11.3 Å². The van der Waals surface area contributed by atoms with Crippen LogP contribution in [0.2, 0.25) is 0 Å².